The molecule has 3 aromatic rings. The van der Waals surface area contributed by atoms with Gasteiger partial charge in [-0.05, 0) is 49.1 Å². The quantitative estimate of drug-likeness (QED) is 0.541. The molecule has 1 aliphatic carbocycles. The Balaban J connectivity index is 0.00000225. The van der Waals surface area contributed by atoms with Gasteiger partial charge in [0, 0.05) is 34.2 Å². The van der Waals surface area contributed by atoms with Crippen LogP contribution in [0.4, 0.5) is 4.39 Å². The molecule has 1 aromatic heterocycles. The van der Waals surface area contributed by atoms with Gasteiger partial charge in [-0.2, -0.15) is 0 Å². The first-order valence-electron chi connectivity index (χ1n) is 9.04. The highest BCUT2D eigenvalue weighted by Gasteiger charge is 2.29. The number of nitrogens with one attached hydrogen (secondary N) is 1. The molecule has 0 saturated heterocycles. The maximum Gasteiger partial charge on any atom is 0.287 e. The maximum atomic E-state index is 13.1. The minimum absolute atomic E-state index is 0. The fourth-order valence-corrected chi connectivity index (χ4v) is 4.02. The van der Waals surface area contributed by atoms with Crippen molar-refractivity contribution in [2.45, 2.75) is 29.5 Å². The largest absolute Gasteiger partial charge is 0.451 e. The van der Waals surface area contributed by atoms with E-state index in [0.29, 0.717) is 29.6 Å². The molecule has 3 N–H and O–H groups in total. The van der Waals surface area contributed by atoms with Crippen molar-refractivity contribution in [2.75, 3.05) is 6.54 Å². The van der Waals surface area contributed by atoms with Crippen LogP contribution < -0.4 is 11.1 Å². The molecule has 28 heavy (non-hydrogen) atoms. The summed E-state index contributed by atoms with van der Waals surface area (Å²) in [6, 6.07) is 13.9. The van der Waals surface area contributed by atoms with Crippen molar-refractivity contribution in [3.8, 4) is 0 Å². The van der Waals surface area contributed by atoms with E-state index in [9.17, 15) is 9.18 Å². The number of hydrogen-bond donors (Lipinski definition) is 2. The average Bonchev–Trinajstić information content (AvgIpc) is 3.47. The number of fused-ring (bicyclic) bond motifs is 1. The number of rotatable bonds is 7. The number of carbonyl (C=O) groups is 1. The van der Waals surface area contributed by atoms with Crippen LogP contribution in [-0.4, -0.2) is 18.5 Å². The van der Waals surface area contributed by atoms with Crippen LogP contribution in [0.25, 0.3) is 11.0 Å². The molecule has 1 aliphatic rings. The standard InChI is InChI=1S/C21H21FN2O2S.ClH/c22-14-7-9-15(10-8-14)27-12-17-16-3-1-2-4-19(16)26-20(17)21(25)24-11-18(23)13-5-6-13;/h1-4,7-10,13,18H,5-6,11-12,23H2,(H,24,25);1H. The molecule has 148 valence electrons. The van der Waals surface area contributed by atoms with Crippen LogP contribution >= 0.6 is 24.2 Å². The molecule has 1 atom stereocenters. The Morgan fingerprint density at radius 2 is 1.93 bits per heavy atom. The average molecular weight is 421 g/mol. The van der Waals surface area contributed by atoms with Crippen molar-refractivity contribution in [1.29, 1.82) is 0 Å². The number of halogens is 2. The van der Waals surface area contributed by atoms with E-state index < -0.39 is 0 Å². The smallest absolute Gasteiger partial charge is 0.287 e. The summed E-state index contributed by atoms with van der Waals surface area (Å²) in [5.74, 6) is 0.903. The molecule has 2 aromatic carbocycles. The third-order valence-electron chi connectivity index (χ3n) is 4.83. The number of carbonyl (C=O) groups excluding carboxylic acids is 1. The van der Waals surface area contributed by atoms with Gasteiger partial charge in [0.15, 0.2) is 5.76 Å². The Morgan fingerprint density at radius 1 is 1.21 bits per heavy atom. The Bertz CT molecular complexity index is 957. The molecule has 0 spiro atoms. The first kappa shape index (κ1) is 20.7. The molecule has 1 unspecified atom stereocenters. The molecule has 1 fully saturated rings. The van der Waals surface area contributed by atoms with Crippen molar-refractivity contribution >= 4 is 41.0 Å². The summed E-state index contributed by atoms with van der Waals surface area (Å²) >= 11 is 1.54. The van der Waals surface area contributed by atoms with E-state index in [2.05, 4.69) is 5.32 Å². The van der Waals surface area contributed by atoms with Crippen LogP contribution in [0.2, 0.25) is 0 Å². The minimum atomic E-state index is -0.264. The summed E-state index contributed by atoms with van der Waals surface area (Å²) in [6.45, 7) is 0.449. The number of benzene rings is 2. The van der Waals surface area contributed by atoms with E-state index in [1.54, 1.807) is 23.9 Å². The Hall–Kier alpha value is -2.02. The molecule has 4 nitrogen and oxygen atoms in total. The minimum Gasteiger partial charge on any atom is -0.451 e. The lowest BCUT2D eigenvalue weighted by molar-refractivity contribution is 0.0923. The number of amides is 1. The zero-order chi connectivity index (χ0) is 18.8. The second-order valence-electron chi connectivity index (χ2n) is 6.86. The summed E-state index contributed by atoms with van der Waals surface area (Å²) in [5.41, 5.74) is 7.61. The van der Waals surface area contributed by atoms with Gasteiger partial charge in [0.25, 0.3) is 5.91 Å². The van der Waals surface area contributed by atoms with Crippen molar-refractivity contribution in [1.82, 2.24) is 5.32 Å². The van der Waals surface area contributed by atoms with E-state index in [1.165, 1.54) is 12.1 Å². The zero-order valence-electron chi connectivity index (χ0n) is 15.2. The van der Waals surface area contributed by atoms with Gasteiger partial charge in [-0.1, -0.05) is 18.2 Å². The second kappa shape index (κ2) is 8.99. The van der Waals surface area contributed by atoms with Crippen LogP contribution in [0.15, 0.2) is 57.8 Å². The summed E-state index contributed by atoms with van der Waals surface area (Å²) in [4.78, 5) is 13.7. The van der Waals surface area contributed by atoms with E-state index >= 15 is 0 Å². The van der Waals surface area contributed by atoms with Gasteiger partial charge in [0.05, 0.1) is 0 Å². The van der Waals surface area contributed by atoms with Crippen LogP contribution in [-0.2, 0) is 5.75 Å². The Morgan fingerprint density at radius 3 is 2.64 bits per heavy atom. The van der Waals surface area contributed by atoms with Crippen molar-refractivity contribution in [3.05, 3.63) is 65.7 Å². The third-order valence-corrected chi connectivity index (χ3v) is 5.87. The van der Waals surface area contributed by atoms with Gasteiger partial charge >= 0.3 is 0 Å². The molecule has 1 heterocycles. The molecule has 7 heteroatoms. The molecular weight excluding hydrogens is 399 g/mol. The predicted octanol–water partition coefficient (Wildman–Crippen LogP) is 4.75. The van der Waals surface area contributed by atoms with E-state index in [4.69, 9.17) is 10.2 Å². The Kier molecular flexibility index (Phi) is 6.65. The molecule has 4 rings (SSSR count). The summed E-state index contributed by atoms with van der Waals surface area (Å²) in [5, 5.41) is 3.83. The van der Waals surface area contributed by atoms with Gasteiger partial charge < -0.3 is 15.5 Å². The van der Waals surface area contributed by atoms with Crippen molar-refractivity contribution < 1.29 is 13.6 Å². The highest BCUT2D eigenvalue weighted by Crippen LogP contribution is 2.33. The lowest BCUT2D eigenvalue weighted by Crippen LogP contribution is -2.38. The molecule has 1 amide bonds. The van der Waals surface area contributed by atoms with Gasteiger partial charge in [-0.3, -0.25) is 4.79 Å². The molecule has 0 bridgehead atoms. The van der Waals surface area contributed by atoms with Gasteiger partial charge in [0.2, 0.25) is 0 Å². The number of furan rings is 1. The van der Waals surface area contributed by atoms with Gasteiger partial charge in [-0.25, -0.2) is 4.39 Å². The molecule has 1 saturated carbocycles. The molecule has 0 aliphatic heterocycles. The highest BCUT2D eigenvalue weighted by atomic mass is 35.5. The number of nitrogens with two attached hydrogens (primary N) is 1. The van der Waals surface area contributed by atoms with E-state index in [-0.39, 0.29) is 30.2 Å². The number of thioether (sulfide) groups is 1. The molecule has 0 radical (unpaired) electrons. The number of hydrogen-bond acceptors (Lipinski definition) is 4. The maximum absolute atomic E-state index is 13.1. The van der Waals surface area contributed by atoms with E-state index in [1.807, 2.05) is 24.3 Å². The SMILES string of the molecule is Cl.NC(CNC(=O)c1oc2ccccc2c1CSc1ccc(F)cc1)C1CC1. The first-order valence-corrected chi connectivity index (χ1v) is 10.0. The van der Waals surface area contributed by atoms with Crippen LogP contribution in [0.1, 0.15) is 29.0 Å². The van der Waals surface area contributed by atoms with Gasteiger partial charge in [-0.15, -0.1) is 24.2 Å². The highest BCUT2D eigenvalue weighted by molar-refractivity contribution is 7.98. The predicted molar refractivity (Wildman–Crippen MR) is 112 cm³/mol. The monoisotopic (exact) mass is 420 g/mol. The van der Waals surface area contributed by atoms with Gasteiger partial charge in [0.1, 0.15) is 11.4 Å². The van der Waals surface area contributed by atoms with Crippen LogP contribution in [0, 0.1) is 11.7 Å². The summed E-state index contributed by atoms with van der Waals surface area (Å²) in [6.07, 6.45) is 2.28. The normalized spacial score (nSPS) is 14.5. The fourth-order valence-electron chi connectivity index (χ4n) is 3.09. The second-order valence-corrected chi connectivity index (χ2v) is 7.91. The third kappa shape index (κ3) is 4.69. The van der Waals surface area contributed by atoms with Crippen molar-refractivity contribution in [3.63, 3.8) is 0 Å². The topological polar surface area (TPSA) is 68.3 Å². The fraction of sp³-hybridized carbons (Fsp3) is 0.286. The lowest BCUT2D eigenvalue weighted by Gasteiger charge is -2.11. The van der Waals surface area contributed by atoms with Crippen LogP contribution in [0.3, 0.4) is 0 Å². The van der Waals surface area contributed by atoms with Crippen LogP contribution in [0.5, 0.6) is 0 Å². The Labute approximate surface area is 173 Å². The zero-order valence-corrected chi connectivity index (χ0v) is 16.8. The molecular formula is C21H22ClFN2O2S. The number of para-hydroxylation sites is 1. The van der Waals surface area contributed by atoms with Crippen molar-refractivity contribution in [2.24, 2.45) is 11.7 Å². The summed E-state index contributed by atoms with van der Waals surface area (Å²) < 4.78 is 19.0. The van der Waals surface area contributed by atoms with E-state index in [0.717, 1.165) is 28.7 Å². The lowest BCUT2D eigenvalue weighted by atomic mass is 10.1. The first-order chi connectivity index (χ1) is 13.1. The summed E-state index contributed by atoms with van der Waals surface area (Å²) in [7, 11) is 0.